The summed E-state index contributed by atoms with van der Waals surface area (Å²) in [5, 5.41) is 3.39. The second kappa shape index (κ2) is 7.02. The highest BCUT2D eigenvalue weighted by Crippen LogP contribution is 2.15. The first-order valence-corrected chi connectivity index (χ1v) is 6.64. The number of rotatable bonds is 6. The first-order chi connectivity index (χ1) is 7.67. The van der Waals surface area contributed by atoms with Gasteiger partial charge in [0.2, 0.25) is 0 Å². The van der Waals surface area contributed by atoms with Crippen molar-refractivity contribution in [2.75, 3.05) is 0 Å². The van der Waals surface area contributed by atoms with Crippen molar-refractivity contribution in [2.45, 2.75) is 45.7 Å². The minimum Gasteiger partial charge on any atom is -0.310 e. The zero-order chi connectivity index (χ0) is 12.0. The van der Waals surface area contributed by atoms with Gasteiger partial charge >= 0.3 is 0 Å². The van der Waals surface area contributed by atoms with Crippen LogP contribution in [0.2, 0.25) is 0 Å². The number of nitrogens with one attached hydrogen (secondary N) is 1. The van der Waals surface area contributed by atoms with Gasteiger partial charge in [0.25, 0.3) is 0 Å². The summed E-state index contributed by atoms with van der Waals surface area (Å²) in [5.41, 5.74) is 0.734. The van der Waals surface area contributed by atoms with Gasteiger partial charge in [-0.3, -0.25) is 0 Å². The third-order valence-electron chi connectivity index (χ3n) is 2.73. The molecule has 1 unspecified atom stereocenters. The lowest BCUT2D eigenvalue weighted by molar-refractivity contribution is 0.455. The molecule has 0 saturated heterocycles. The van der Waals surface area contributed by atoms with E-state index in [9.17, 15) is 4.39 Å². The molecule has 0 saturated carbocycles. The van der Waals surface area contributed by atoms with E-state index in [0.717, 1.165) is 29.3 Å². The Morgan fingerprint density at radius 1 is 1.38 bits per heavy atom. The van der Waals surface area contributed by atoms with E-state index in [1.165, 1.54) is 6.07 Å². The molecule has 0 bridgehead atoms. The van der Waals surface area contributed by atoms with Gasteiger partial charge in [-0.15, -0.1) is 0 Å². The van der Waals surface area contributed by atoms with Crippen molar-refractivity contribution in [1.82, 2.24) is 5.32 Å². The Morgan fingerprint density at radius 2 is 2.12 bits per heavy atom. The van der Waals surface area contributed by atoms with Crippen molar-refractivity contribution in [3.05, 3.63) is 34.1 Å². The van der Waals surface area contributed by atoms with Crippen LogP contribution in [-0.4, -0.2) is 6.04 Å². The number of hydrogen-bond donors (Lipinski definition) is 1. The van der Waals surface area contributed by atoms with Crippen LogP contribution in [0.4, 0.5) is 4.39 Å². The van der Waals surface area contributed by atoms with Gasteiger partial charge in [0.15, 0.2) is 0 Å². The maximum atomic E-state index is 13.5. The third-order valence-corrected chi connectivity index (χ3v) is 3.22. The van der Waals surface area contributed by atoms with Crippen LogP contribution in [0.25, 0.3) is 0 Å². The largest absolute Gasteiger partial charge is 0.310 e. The molecule has 0 aromatic heterocycles. The molecule has 1 aromatic carbocycles. The fourth-order valence-electron chi connectivity index (χ4n) is 1.72. The standard InChI is InChI=1S/C13H19BrFN/c1-3-5-12(4-2)16-9-10-6-7-11(14)8-13(10)15/h6-8,12,16H,3-5,9H2,1-2H3. The highest BCUT2D eigenvalue weighted by molar-refractivity contribution is 9.10. The van der Waals surface area contributed by atoms with E-state index in [1.54, 1.807) is 0 Å². The Bertz CT molecular complexity index is 328. The minimum atomic E-state index is -0.145. The molecule has 0 aliphatic carbocycles. The molecule has 1 atom stereocenters. The van der Waals surface area contributed by atoms with Gasteiger partial charge in [0.05, 0.1) is 0 Å². The van der Waals surface area contributed by atoms with Gasteiger partial charge in [-0.25, -0.2) is 4.39 Å². The molecule has 0 aliphatic rings. The van der Waals surface area contributed by atoms with E-state index in [1.807, 2.05) is 12.1 Å². The van der Waals surface area contributed by atoms with Gasteiger partial charge in [-0.05, 0) is 25.0 Å². The Morgan fingerprint density at radius 3 is 2.69 bits per heavy atom. The SMILES string of the molecule is CCCC(CC)NCc1ccc(Br)cc1F. The van der Waals surface area contributed by atoms with Gasteiger partial charge < -0.3 is 5.32 Å². The number of hydrogen-bond acceptors (Lipinski definition) is 1. The average molecular weight is 288 g/mol. The molecule has 90 valence electrons. The highest BCUT2D eigenvalue weighted by Gasteiger charge is 2.07. The summed E-state index contributed by atoms with van der Waals surface area (Å²) in [6.45, 7) is 4.94. The van der Waals surface area contributed by atoms with E-state index < -0.39 is 0 Å². The quantitative estimate of drug-likeness (QED) is 0.825. The molecule has 1 aromatic rings. The van der Waals surface area contributed by atoms with Gasteiger partial charge in [0, 0.05) is 22.6 Å². The summed E-state index contributed by atoms with van der Waals surface area (Å²) in [4.78, 5) is 0. The molecule has 0 amide bonds. The molecule has 1 nitrogen and oxygen atoms in total. The van der Waals surface area contributed by atoms with Crippen LogP contribution in [0, 0.1) is 5.82 Å². The van der Waals surface area contributed by atoms with Crippen LogP contribution < -0.4 is 5.32 Å². The van der Waals surface area contributed by atoms with E-state index in [0.29, 0.717) is 12.6 Å². The van der Waals surface area contributed by atoms with E-state index >= 15 is 0 Å². The predicted molar refractivity (Wildman–Crippen MR) is 69.9 cm³/mol. The lowest BCUT2D eigenvalue weighted by Crippen LogP contribution is -2.28. The molecule has 0 aliphatic heterocycles. The zero-order valence-electron chi connectivity index (χ0n) is 9.89. The molecule has 0 spiro atoms. The van der Waals surface area contributed by atoms with Gasteiger partial charge in [-0.1, -0.05) is 42.3 Å². The Hall–Kier alpha value is -0.410. The lowest BCUT2D eigenvalue weighted by Gasteiger charge is -2.16. The first kappa shape index (κ1) is 13.7. The molecule has 1 rings (SSSR count). The Balaban J connectivity index is 2.53. The Kier molecular flexibility index (Phi) is 5.99. The Labute approximate surface area is 106 Å². The fourth-order valence-corrected chi connectivity index (χ4v) is 2.05. The predicted octanol–water partition coefficient (Wildman–Crippen LogP) is 4.26. The van der Waals surface area contributed by atoms with Crippen LogP contribution in [0.5, 0.6) is 0 Å². The average Bonchev–Trinajstić information content (AvgIpc) is 2.26. The van der Waals surface area contributed by atoms with Crippen LogP contribution in [0.3, 0.4) is 0 Å². The maximum absolute atomic E-state index is 13.5. The van der Waals surface area contributed by atoms with Crippen molar-refractivity contribution in [3.8, 4) is 0 Å². The highest BCUT2D eigenvalue weighted by atomic mass is 79.9. The molecule has 0 radical (unpaired) electrons. The normalized spacial score (nSPS) is 12.8. The molecule has 16 heavy (non-hydrogen) atoms. The summed E-state index contributed by atoms with van der Waals surface area (Å²) in [5.74, 6) is -0.145. The van der Waals surface area contributed by atoms with E-state index in [2.05, 4.69) is 35.1 Å². The van der Waals surface area contributed by atoms with Crippen molar-refractivity contribution in [2.24, 2.45) is 0 Å². The topological polar surface area (TPSA) is 12.0 Å². The third kappa shape index (κ3) is 4.22. The number of benzene rings is 1. The van der Waals surface area contributed by atoms with Crippen molar-refractivity contribution >= 4 is 15.9 Å². The molecule has 1 N–H and O–H groups in total. The van der Waals surface area contributed by atoms with Crippen molar-refractivity contribution < 1.29 is 4.39 Å². The van der Waals surface area contributed by atoms with E-state index in [4.69, 9.17) is 0 Å². The van der Waals surface area contributed by atoms with Crippen LogP contribution >= 0.6 is 15.9 Å². The summed E-state index contributed by atoms with van der Waals surface area (Å²) >= 11 is 3.25. The molecular formula is C13H19BrFN. The summed E-state index contributed by atoms with van der Waals surface area (Å²) in [6, 6.07) is 5.71. The summed E-state index contributed by atoms with van der Waals surface area (Å²) in [6.07, 6.45) is 3.40. The molecule has 0 heterocycles. The number of halogens is 2. The second-order valence-electron chi connectivity index (χ2n) is 4.01. The van der Waals surface area contributed by atoms with Gasteiger partial charge in [0.1, 0.15) is 5.82 Å². The zero-order valence-corrected chi connectivity index (χ0v) is 11.5. The fraction of sp³-hybridized carbons (Fsp3) is 0.538. The molecule has 3 heteroatoms. The first-order valence-electron chi connectivity index (χ1n) is 5.84. The molecular weight excluding hydrogens is 269 g/mol. The van der Waals surface area contributed by atoms with Crippen molar-refractivity contribution in [3.63, 3.8) is 0 Å². The van der Waals surface area contributed by atoms with Crippen molar-refractivity contribution in [1.29, 1.82) is 0 Å². The van der Waals surface area contributed by atoms with Crippen LogP contribution in [-0.2, 0) is 6.54 Å². The minimum absolute atomic E-state index is 0.145. The van der Waals surface area contributed by atoms with Crippen LogP contribution in [0.15, 0.2) is 22.7 Å². The lowest BCUT2D eigenvalue weighted by atomic mass is 10.1. The smallest absolute Gasteiger partial charge is 0.128 e. The molecule has 0 fully saturated rings. The van der Waals surface area contributed by atoms with Crippen LogP contribution in [0.1, 0.15) is 38.7 Å². The monoisotopic (exact) mass is 287 g/mol. The maximum Gasteiger partial charge on any atom is 0.128 e. The second-order valence-corrected chi connectivity index (χ2v) is 4.93. The van der Waals surface area contributed by atoms with Gasteiger partial charge in [-0.2, -0.15) is 0 Å². The van der Waals surface area contributed by atoms with E-state index in [-0.39, 0.29) is 5.82 Å². The summed E-state index contributed by atoms with van der Waals surface area (Å²) < 4.78 is 14.3. The summed E-state index contributed by atoms with van der Waals surface area (Å²) in [7, 11) is 0.